The van der Waals surface area contributed by atoms with Crippen LogP contribution in [0.2, 0.25) is 0 Å². The molecule has 0 spiro atoms. The summed E-state index contributed by atoms with van der Waals surface area (Å²) in [6.07, 6.45) is -3.47. The summed E-state index contributed by atoms with van der Waals surface area (Å²) in [5, 5.41) is 3.12. The van der Waals surface area contributed by atoms with Gasteiger partial charge in [-0.3, -0.25) is 9.89 Å². The molecule has 2 aromatic rings. The maximum Gasteiger partial charge on any atom is 0.416 e. The number of nitrogens with zero attached hydrogens (tertiary/aromatic N) is 3. The fourth-order valence-corrected chi connectivity index (χ4v) is 3.70. The summed E-state index contributed by atoms with van der Waals surface area (Å²) in [7, 11) is 1.65. The van der Waals surface area contributed by atoms with Gasteiger partial charge >= 0.3 is 6.18 Å². The molecule has 1 saturated heterocycles. The largest absolute Gasteiger partial charge is 0.416 e. The lowest BCUT2D eigenvalue weighted by Crippen LogP contribution is -2.46. The van der Waals surface area contributed by atoms with Crippen molar-refractivity contribution < 1.29 is 17.9 Å². The quantitative estimate of drug-likeness (QED) is 0.211. The van der Waals surface area contributed by atoms with Gasteiger partial charge in [0.1, 0.15) is 0 Å². The maximum absolute atomic E-state index is 12.9. The van der Waals surface area contributed by atoms with E-state index in [0.717, 1.165) is 43.4 Å². The van der Waals surface area contributed by atoms with Crippen LogP contribution < -0.4 is 16.0 Å². The molecule has 1 aliphatic heterocycles. The van der Waals surface area contributed by atoms with Crippen molar-refractivity contribution in [3.63, 3.8) is 0 Å². The summed E-state index contributed by atoms with van der Waals surface area (Å²) in [5.74, 6) is 0.364. The van der Waals surface area contributed by atoms with Crippen LogP contribution in [-0.2, 0) is 17.5 Å². The summed E-state index contributed by atoms with van der Waals surface area (Å²) in [4.78, 5) is 8.71. The molecule has 3 rings (SSSR count). The van der Waals surface area contributed by atoms with Gasteiger partial charge in [-0.05, 0) is 30.7 Å². The topological polar surface area (TPSA) is 66.1 Å². The third-order valence-corrected chi connectivity index (χ3v) is 5.41. The number of benzene rings is 2. The molecule has 1 aliphatic rings. The van der Waals surface area contributed by atoms with Gasteiger partial charge in [-0.2, -0.15) is 13.2 Å². The van der Waals surface area contributed by atoms with Crippen LogP contribution in [0.15, 0.2) is 53.5 Å². The molecular weight excluding hydrogens is 546 g/mol. The molecule has 1 fully saturated rings. The van der Waals surface area contributed by atoms with E-state index in [4.69, 9.17) is 10.5 Å². The number of nitrogens with two attached hydrogens (primary N) is 1. The molecule has 0 saturated carbocycles. The lowest BCUT2D eigenvalue weighted by Gasteiger charge is -2.36. The number of aliphatic imine (C=N–C) groups is 1. The highest BCUT2D eigenvalue weighted by atomic mass is 127. The zero-order valence-corrected chi connectivity index (χ0v) is 21.0. The van der Waals surface area contributed by atoms with E-state index in [1.54, 1.807) is 13.2 Å². The highest BCUT2D eigenvalue weighted by Gasteiger charge is 2.31. The molecule has 6 nitrogen and oxygen atoms in total. The molecule has 0 bridgehead atoms. The number of para-hydroxylation sites is 1. The van der Waals surface area contributed by atoms with Crippen LogP contribution in [0, 0.1) is 0 Å². The van der Waals surface area contributed by atoms with E-state index >= 15 is 0 Å². The molecule has 0 unspecified atom stereocenters. The minimum atomic E-state index is -4.32. The van der Waals surface area contributed by atoms with Gasteiger partial charge < -0.3 is 20.7 Å². The van der Waals surface area contributed by atoms with Crippen molar-refractivity contribution in [2.45, 2.75) is 19.2 Å². The minimum Gasteiger partial charge on any atom is -0.380 e. The first-order chi connectivity index (χ1) is 15.4. The fraction of sp³-hybridized carbons (Fsp3) is 0.435. The predicted molar refractivity (Wildman–Crippen MR) is 137 cm³/mol. The number of nitrogens with one attached hydrogen (secondary N) is 1. The minimum absolute atomic E-state index is 0. The van der Waals surface area contributed by atoms with E-state index < -0.39 is 11.7 Å². The van der Waals surface area contributed by atoms with Gasteiger partial charge in [0.15, 0.2) is 5.96 Å². The zero-order chi connectivity index (χ0) is 23.0. The second-order valence-electron chi connectivity index (χ2n) is 7.71. The number of hydrogen-bond acceptors (Lipinski definition) is 4. The molecule has 0 aromatic heterocycles. The number of hydrogen-bond donors (Lipinski definition) is 2. The van der Waals surface area contributed by atoms with Crippen molar-refractivity contribution in [2.75, 3.05) is 56.6 Å². The Kier molecular flexibility index (Phi) is 10.7. The third-order valence-electron chi connectivity index (χ3n) is 5.41. The van der Waals surface area contributed by atoms with Gasteiger partial charge in [-0.15, -0.1) is 24.0 Å². The first-order valence-electron chi connectivity index (χ1n) is 10.6. The van der Waals surface area contributed by atoms with Crippen LogP contribution in [0.25, 0.3) is 0 Å². The Hall–Kier alpha value is -2.05. The van der Waals surface area contributed by atoms with Gasteiger partial charge in [-0.1, -0.05) is 24.3 Å². The molecule has 0 aliphatic carbocycles. The number of anilines is 2. The van der Waals surface area contributed by atoms with Crippen LogP contribution in [0.5, 0.6) is 0 Å². The normalized spacial score (nSPS) is 15.3. The van der Waals surface area contributed by atoms with E-state index in [0.29, 0.717) is 37.9 Å². The predicted octanol–water partition coefficient (Wildman–Crippen LogP) is 4.41. The van der Waals surface area contributed by atoms with Gasteiger partial charge in [0, 0.05) is 63.3 Å². The van der Waals surface area contributed by atoms with Crippen molar-refractivity contribution in [1.82, 2.24) is 4.90 Å². The summed E-state index contributed by atoms with van der Waals surface area (Å²) < 4.78 is 44.0. The van der Waals surface area contributed by atoms with Crippen LogP contribution >= 0.6 is 24.0 Å². The maximum atomic E-state index is 12.9. The second kappa shape index (κ2) is 13.0. The molecule has 10 heteroatoms. The van der Waals surface area contributed by atoms with Gasteiger partial charge in [0.2, 0.25) is 0 Å². The monoisotopic (exact) mass is 577 g/mol. The number of ether oxygens (including phenoxy) is 1. The van der Waals surface area contributed by atoms with Gasteiger partial charge in [0.05, 0.1) is 12.2 Å². The molecule has 33 heavy (non-hydrogen) atoms. The number of guanidine groups is 1. The summed E-state index contributed by atoms with van der Waals surface area (Å²) in [6, 6.07) is 13.3. The molecular formula is C23H31F3IN5O. The fourth-order valence-electron chi connectivity index (χ4n) is 3.70. The number of alkyl halides is 3. The third kappa shape index (κ3) is 8.35. The number of methoxy groups -OCH3 is 1. The van der Waals surface area contributed by atoms with Crippen LogP contribution in [0.3, 0.4) is 0 Å². The average molecular weight is 577 g/mol. The zero-order valence-electron chi connectivity index (χ0n) is 18.6. The number of rotatable bonds is 8. The lowest BCUT2D eigenvalue weighted by atomic mass is 10.1. The first-order valence-corrected chi connectivity index (χ1v) is 10.6. The summed E-state index contributed by atoms with van der Waals surface area (Å²) in [5.41, 5.74) is 7.91. The van der Waals surface area contributed by atoms with E-state index in [9.17, 15) is 13.2 Å². The Morgan fingerprint density at radius 3 is 2.52 bits per heavy atom. The molecule has 2 aromatic carbocycles. The summed E-state index contributed by atoms with van der Waals surface area (Å²) in [6.45, 7) is 4.96. The summed E-state index contributed by atoms with van der Waals surface area (Å²) >= 11 is 0. The highest BCUT2D eigenvalue weighted by molar-refractivity contribution is 14.0. The van der Waals surface area contributed by atoms with Gasteiger partial charge in [0.25, 0.3) is 0 Å². The molecule has 3 N–H and O–H groups in total. The number of halogens is 4. The Bertz CT molecular complexity index is 902. The van der Waals surface area contributed by atoms with Crippen molar-refractivity contribution >= 4 is 41.3 Å². The molecule has 182 valence electrons. The molecule has 0 radical (unpaired) electrons. The molecule has 0 atom stereocenters. The van der Waals surface area contributed by atoms with Crippen molar-refractivity contribution in [3.05, 3.63) is 59.7 Å². The van der Waals surface area contributed by atoms with Gasteiger partial charge in [-0.25, -0.2) is 0 Å². The Morgan fingerprint density at radius 1 is 1.09 bits per heavy atom. The standard InChI is InChI=1S/C23H30F3N5O.HI/c1-32-17-18-6-2-3-9-21(18)29-22(27)28-10-5-11-30-12-14-31(15-13-30)20-8-4-7-19(16-20)23(24,25)26;/h2-4,6-9,16H,5,10-15,17H2,1H3,(H3,27,28,29);1H. The van der Waals surface area contributed by atoms with Crippen molar-refractivity contribution in [1.29, 1.82) is 0 Å². The Balaban J connectivity index is 0.00000385. The van der Waals surface area contributed by atoms with Crippen LogP contribution in [0.4, 0.5) is 24.5 Å². The SMILES string of the molecule is COCc1ccccc1NC(N)=NCCCN1CCN(c2cccc(C(F)(F)F)c2)CC1.I. The average Bonchev–Trinajstić information content (AvgIpc) is 2.78. The van der Waals surface area contributed by atoms with Crippen LogP contribution in [-0.4, -0.2) is 57.2 Å². The lowest BCUT2D eigenvalue weighted by molar-refractivity contribution is -0.137. The number of piperazine rings is 1. The first kappa shape index (κ1) is 27.2. The van der Waals surface area contributed by atoms with E-state index in [2.05, 4.69) is 15.2 Å². The Labute approximate surface area is 210 Å². The second-order valence-corrected chi connectivity index (χ2v) is 7.71. The van der Waals surface area contributed by atoms with Crippen molar-refractivity contribution in [3.8, 4) is 0 Å². The molecule has 1 heterocycles. The Morgan fingerprint density at radius 2 is 1.82 bits per heavy atom. The van der Waals surface area contributed by atoms with Crippen LogP contribution in [0.1, 0.15) is 17.5 Å². The highest BCUT2D eigenvalue weighted by Crippen LogP contribution is 2.31. The van der Waals surface area contributed by atoms with Crippen molar-refractivity contribution in [2.24, 2.45) is 10.7 Å². The van der Waals surface area contributed by atoms with E-state index in [-0.39, 0.29) is 24.0 Å². The molecule has 0 amide bonds. The smallest absolute Gasteiger partial charge is 0.380 e. The van der Waals surface area contributed by atoms with E-state index in [1.807, 2.05) is 29.2 Å². The van der Waals surface area contributed by atoms with E-state index in [1.165, 1.54) is 12.1 Å².